The van der Waals surface area contributed by atoms with E-state index in [9.17, 15) is 14.7 Å². The number of aromatic carboxylic acids is 2. The molecule has 8 nitrogen and oxygen atoms in total. The van der Waals surface area contributed by atoms with E-state index in [2.05, 4.69) is 20.2 Å². The van der Waals surface area contributed by atoms with Crippen LogP contribution in [0.4, 0.5) is 0 Å². The number of H-pyrrole nitrogens is 1. The molecule has 4 aromatic rings. The minimum absolute atomic E-state index is 0.0340. The van der Waals surface area contributed by atoms with Crippen LogP contribution in [0.15, 0.2) is 54.7 Å². The summed E-state index contributed by atoms with van der Waals surface area (Å²) in [5.41, 5.74) is 2.42. The maximum Gasteiger partial charge on any atom is 0.336 e. The van der Waals surface area contributed by atoms with E-state index in [0.717, 1.165) is 0 Å². The van der Waals surface area contributed by atoms with Crippen LogP contribution >= 0.6 is 0 Å². The summed E-state index contributed by atoms with van der Waals surface area (Å²) >= 11 is 0. The second-order valence-corrected chi connectivity index (χ2v) is 5.75. The molecule has 0 unspecified atom stereocenters. The van der Waals surface area contributed by atoms with Crippen molar-refractivity contribution in [3.8, 4) is 22.6 Å². The van der Waals surface area contributed by atoms with E-state index in [4.69, 9.17) is 5.11 Å². The van der Waals surface area contributed by atoms with Gasteiger partial charge in [0.15, 0.2) is 5.65 Å². The number of rotatable bonds is 4. The molecule has 0 aliphatic carbocycles. The molecule has 0 saturated heterocycles. The van der Waals surface area contributed by atoms with Gasteiger partial charge < -0.3 is 10.2 Å². The number of pyridine rings is 2. The zero-order valence-corrected chi connectivity index (χ0v) is 13.7. The van der Waals surface area contributed by atoms with Gasteiger partial charge in [-0.25, -0.2) is 14.6 Å². The number of carboxylic acid groups (broad SMARTS) is 2. The van der Waals surface area contributed by atoms with Crippen molar-refractivity contribution in [1.29, 1.82) is 0 Å². The van der Waals surface area contributed by atoms with E-state index < -0.39 is 11.9 Å². The van der Waals surface area contributed by atoms with Gasteiger partial charge in [0, 0.05) is 11.8 Å². The van der Waals surface area contributed by atoms with Crippen molar-refractivity contribution < 1.29 is 19.8 Å². The molecule has 0 bridgehead atoms. The van der Waals surface area contributed by atoms with Crippen LogP contribution in [0.2, 0.25) is 0 Å². The van der Waals surface area contributed by atoms with Gasteiger partial charge in [0.05, 0.1) is 33.6 Å². The molecule has 0 aliphatic heterocycles. The fourth-order valence-electron chi connectivity index (χ4n) is 2.82. The van der Waals surface area contributed by atoms with E-state index >= 15 is 0 Å². The summed E-state index contributed by atoms with van der Waals surface area (Å²) in [6.07, 6.45) is 1.61. The van der Waals surface area contributed by atoms with Gasteiger partial charge in [-0.1, -0.05) is 18.2 Å². The van der Waals surface area contributed by atoms with Crippen molar-refractivity contribution in [3.63, 3.8) is 0 Å². The Morgan fingerprint density at radius 1 is 0.926 bits per heavy atom. The van der Waals surface area contributed by atoms with Gasteiger partial charge in [0.25, 0.3) is 0 Å². The molecule has 8 heteroatoms. The quantitative estimate of drug-likeness (QED) is 0.510. The monoisotopic (exact) mass is 360 g/mol. The van der Waals surface area contributed by atoms with Crippen LogP contribution in [0.1, 0.15) is 20.7 Å². The lowest BCUT2D eigenvalue weighted by Crippen LogP contribution is -2.01. The summed E-state index contributed by atoms with van der Waals surface area (Å²) in [5.74, 6) is -2.16. The maximum atomic E-state index is 11.9. The first kappa shape index (κ1) is 16.4. The normalized spacial score (nSPS) is 10.8. The topological polar surface area (TPSA) is 129 Å². The molecule has 0 aliphatic rings. The Morgan fingerprint density at radius 3 is 2.33 bits per heavy atom. The van der Waals surface area contributed by atoms with Gasteiger partial charge in [-0.2, -0.15) is 5.10 Å². The predicted molar refractivity (Wildman–Crippen MR) is 96.5 cm³/mol. The molecule has 0 fully saturated rings. The van der Waals surface area contributed by atoms with Crippen molar-refractivity contribution in [3.05, 3.63) is 65.9 Å². The van der Waals surface area contributed by atoms with Crippen molar-refractivity contribution in [2.45, 2.75) is 0 Å². The van der Waals surface area contributed by atoms with E-state index in [1.165, 1.54) is 18.2 Å². The number of aromatic amines is 1. The summed E-state index contributed by atoms with van der Waals surface area (Å²) in [6, 6.07) is 12.8. The fraction of sp³-hybridized carbons (Fsp3) is 0. The average Bonchev–Trinajstić information content (AvgIpc) is 3.12. The minimum atomic E-state index is -1.12. The second kappa shape index (κ2) is 6.34. The molecule has 0 radical (unpaired) electrons. The third-order valence-electron chi connectivity index (χ3n) is 4.10. The number of fused-ring (bicyclic) bond motifs is 1. The third kappa shape index (κ3) is 2.89. The van der Waals surface area contributed by atoms with Gasteiger partial charge in [-0.05, 0) is 30.3 Å². The predicted octanol–water partition coefficient (Wildman–Crippen LogP) is 3.08. The van der Waals surface area contributed by atoms with Crippen LogP contribution in [-0.2, 0) is 0 Å². The molecule has 3 aromatic heterocycles. The first-order chi connectivity index (χ1) is 13.0. The molecule has 0 atom stereocenters. The Bertz CT molecular complexity index is 1170. The Labute approximate surface area is 152 Å². The van der Waals surface area contributed by atoms with Crippen LogP contribution < -0.4 is 0 Å². The Hall–Kier alpha value is -4.07. The fourth-order valence-corrected chi connectivity index (χ4v) is 2.82. The number of carboxylic acids is 2. The van der Waals surface area contributed by atoms with Crippen molar-refractivity contribution in [2.24, 2.45) is 0 Å². The van der Waals surface area contributed by atoms with Gasteiger partial charge in [0.1, 0.15) is 0 Å². The first-order valence-corrected chi connectivity index (χ1v) is 7.92. The highest BCUT2D eigenvalue weighted by molar-refractivity contribution is 6.08. The number of aromatic nitrogens is 4. The number of nitrogens with zero attached hydrogens (tertiary/aromatic N) is 3. The minimum Gasteiger partial charge on any atom is -0.478 e. The molecule has 4 rings (SSSR count). The summed E-state index contributed by atoms with van der Waals surface area (Å²) in [7, 11) is 0. The van der Waals surface area contributed by atoms with Gasteiger partial charge in [-0.15, -0.1) is 0 Å². The van der Waals surface area contributed by atoms with Gasteiger partial charge in [-0.3, -0.25) is 10.1 Å². The second-order valence-electron chi connectivity index (χ2n) is 5.75. The highest BCUT2D eigenvalue weighted by Crippen LogP contribution is 2.30. The number of carbonyl (C=O) groups is 2. The van der Waals surface area contributed by atoms with Crippen LogP contribution in [0.25, 0.3) is 33.7 Å². The van der Waals surface area contributed by atoms with Crippen molar-refractivity contribution in [2.75, 3.05) is 0 Å². The molecular formula is C19H12N4O4. The van der Waals surface area contributed by atoms with E-state index in [1.54, 1.807) is 36.5 Å². The van der Waals surface area contributed by atoms with Gasteiger partial charge in [0.2, 0.25) is 0 Å². The highest BCUT2D eigenvalue weighted by atomic mass is 16.4. The largest absolute Gasteiger partial charge is 0.478 e. The lowest BCUT2D eigenvalue weighted by molar-refractivity contribution is 0.0687. The van der Waals surface area contributed by atoms with E-state index in [1.807, 2.05) is 0 Å². The Morgan fingerprint density at radius 2 is 1.70 bits per heavy atom. The van der Waals surface area contributed by atoms with E-state index in [-0.39, 0.29) is 16.8 Å². The lowest BCUT2D eigenvalue weighted by atomic mass is 10.0. The Kier molecular flexibility index (Phi) is 3.85. The maximum absolute atomic E-state index is 11.9. The number of hydrogen-bond acceptors (Lipinski definition) is 5. The van der Waals surface area contributed by atoms with Crippen LogP contribution in [0.5, 0.6) is 0 Å². The molecule has 3 N–H and O–H groups in total. The molecule has 0 spiro atoms. The molecule has 0 amide bonds. The lowest BCUT2D eigenvalue weighted by Gasteiger charge is -2.06. The summed E-state index contributed by atoms with van der Waals surface area (Å²) < 4.78 is 0. The Balaban J connectivity index is 1.90. The van der Waals surface area contributed by atoms with Gasteiger partial charge >= 0.3 is 11.9 Å². The van der Waals surface area contributed by atoms with Crippen molar-refractivity contribution in [1.82, 2.24) is 20.2 Å². The molecular weight excluding hydrogens is 348 g/mol. The van der Waals surface area contributed by atoms with Crippen molar-refractivity contribution >= 4 is 23.0 Å². The molecule has 27 heavy (non-hydrogen) atoms. The van der Waals surface area contributed by atoms with Crippen LogP contribution in [0.3, 0.4) is 0 Å². The average molecular weight is 360 g/mol. The standard InChI is InChI=1S/C19H12N4O4/c24-18(25)11-6-4-10(5-7-11)14-9-12(19(26)27)15-16(22-23-17(15)21-14)13-3-1-2-8-20-13/h1-9H,(H,24,25)(H,26,27)(H,21,22,23). The zero-order valence-electron chi connectivity index (χ0n) is 13.7. The molecule has 3 heterocycles. The smallest absolute Gasteiger partial charge is 0.336 e. The SMILES string of the molecule is O=C(O)c1ccc(-c2cc(C(=O)O)c3c(-c4ccccn4)[nH]nc3n2)cc1. The summed E-state index contributed by atoms with van der Waals surface area (Å²) in [5, 5.41) is 26.0. The van der Waals surface area contributed by atoms with E-state index in [0.29, 0.717) is 28.0 Å². The molecule has 1 aromatic carbocycles. The highest BCUT2D eigenvalue weighted by Gasteiger charge is 2.20. The number of nitrogens with one attached hydrogen (secondary N) is 1. The number of benzene rings is 1. The zero-order chi connectivity index (χ0) is 19.0. The molecule has 132 valence electrons. The summed E-state index contributed by atoms with van der Waals surface area (Å²) in [4.78, 5) is 31.5. The summed E-state index contributed by atoms with van der Waals surface area (Å²) in [6.45, 7) is 0. The van der Waals surface area contributed by atoms with Crippen LogP contribution in [-0.4, -0.2) is 42.3 Å². The third-order valence-corrected chi connectivity index (χ3v) is 4.10. The number of hydrogen-bond donors (Lipinski definition) is 3. The molecule has 0 saturated carbocycles. The first-order valence-electron chi connectivity index (χ1n) is 7.92. The van der Waals surface area contributed by atoms with Crippen LogP contribution in [0, 0.1) is 0 Å².